The summed E-state index contributed by atoms with van der Waals surface area (Å²) in [6.45, 7) is 4.54. The maximum Gasteiger partial charge on any atom is 0.472 e. The van der Waals surface area contributed by atoms with Crippen LogP contribution < -0.4 is 5.32 Å². The number of carbonyl (C=O) groups excluding carboxylic acids is 1. The van der Waals surface area contributed by atoms with Gasteiger partial charge in [-0.1, -0.05) is 229 Å². The van der Waals surface area contributed by atoms with Gasteiger partial charge in [0.05, 0.1) is 39.9 Å². The number of rotatable bonds is 54. The first-order chi connectivity index (χ1) is 34.4. The number of aliphatic hydroxyl groups excluding tert-OH is 2. The van der Waals surface area contributed by atoms with E-state index < -0.39 is 32.7 Å². The van der Waals surface area contributed by atoms with Crippen molar-refractivity contribution in [1.82, 2.24) is 5.32 Å². The monoisotopic (exact) mass is 1020 g/mol. The second-order valence-electron chi connectivity index (χ2n) is 21.5. The minimum atomic E-state index is -4.43. The number of allylic oxidation sites excluding steroid dienone is 10. The number of phosphoric ester groups is 1. The van der Waals surface area contributed by atoms with Crippen LogP contribution >= 0.6 is 7.82 Å². The van der Waals surface area contributed by atoms with Gasteiger partial charge in [-0.2, -0.15) is 0 Å². The van der Waals surface area contributed by atoms with Gasteiger partial charge in [-0.15, -0.1) is 0 Å². The Balaban J connectivity index is 4.05. The Bertz CT molecular complexity index is 1360. The van der Waals surface area contributed by atoms with Crippen LogP contribution in [0.4, 0.5) is 0 Å². The molecule has 0 aliphatic heterocycles. The first-order valence-electron chi connectivity index (χ1n) is 29.7. The highest BCUT2D eigenvalue weighted by molar-refractivity contribution is 7.47. The van der Waals surface area contributed by atoms with Gasteiger partial charge < -0.3 is 24.9 Å². The molecule has 416 valence electrons. The van der Waals surface area contributed by atoms with E-state index in [-0.39, 0.29) is 18.9 Å². The number of phosphoric acid groups is 1. The van der Waals surface area contributed by atoms with E-state index in [0.29, 0.717) is 23.9 Å². The first kappa shape index (κ1) is 69.2. The summed E-state index contributed by atoms with van der Waals surface area (Å²) in [6, 6.07) is -1.06. The van der Waals surface area contributed by atoms with Crippen molar-refractivity contribution in [1.29, 1.82) is 0 Å². The number of carbonyl (C=O) groups is 1. The van der Waals surface area contributed by atoms with E-state index in [2.05, 4.69) is 79.9 Å². The number of likely N-dealkylation sites (N-methyl/N-ethyl adjacent to an activating group) is 1. The Morgan fingerprint density at radius 1 is 0.493 bits per heavy atom. The number of amides is 1. The molecule has 0 aromatic heterocycles. The molecule has 4 unspecified atom stereocenters. The molecular weight excluding hydrogens is 904 g/mol. The molecule has 0 fully saturated rings. The number of unbranched alkanes of at least 4 members (excludes halogenated alkanes) is 30. The van der Waals surface area contributed by atoms with Gasteiger partial charge in [0, 0.05) is 6.42 Å². The largest absolute Gasteiger partial charge is 0.472 e. The number of nitrogens with zero attached hydrogens (tertiary/aromatic N) is 1. The molecule has 0 spiro atoms. The van der Waals surface area contributed by atoms with Gasteiger partial charge in [-0.3, -0.25) is 13.8 Å². The standard InChI is InChI=1S/C61H115N2O7P/c1-6-8-10-12-14-16-18-20-21-22-23-24-25-26-27-28-29-30-31-32-33-34-35-36-37-38-39-40-41-42-44-46-48-50-52-54-60(65)62-58(57-70-71(67,68)69-56-55-63(3,4)5)61(66)59(64)53-51-49-47-45-43-19-17-15-13-11-9-7-2/h15,17-18,20,22-23,25-26,45,47,58-59,61,64,66H,6-14,16,19,21,24,27-44,46,48-57H2,1-5H3,(H-,62,65,67,68)/p+1/b17-15+,20-18-,23-22-,26-25-,47-45+. The minimum absolute atomic E-state index is 0.0133. The molecule has 0 aliphatic carbocycles. The number of quaternary nitrogens is 1. The van der Waals surface area contributed by atoms with Crippen molar-refractivity contribution in [3.8, 4) is 0 Å². The normalized spacial score (nSPS) is 14.8. The van der Waals surface area contributed by atoms with E-state index in [9.17, 15) is 24.5 Å². The zero-order valence-electron chi connectivity index (χ0n) is 47.1. The quantitative estimate of drug-likeness (QED) is 0.0207. The lowest BCUT2D eigenvalue weighted by Crippen LogP contribution is -2.51. The van der Waals surface area contributed by atoms with Gasteiger partial charge in [0.15, 0.2) is 0 Å². The Labute approximate surface area is 439 Å². The van der Waals surface area contributed by atoms with Crippen molar-refractivity contribution in [2.45, 2.75) is 283 Å². The molecule has 0 saturated carbocycles. The van der Waals surface area contributed by atoms with E-state index in [1.165, 1.54) is 173 Å². The van der Waals surface area contributed by atoms with Gasteiger partial charge >= 0.3 is 7.82 Å². The summed E-state index contributed by atoms with van der Waals surface area (Å²) in [5.74, 6) is -0.271. The average molecular weight is 1020 g/mol. The van der Waals surface area contributed by atoms with Crippen molar-refractivity contribution < 1.29 is 38.0 Å². The predicted octanol–water partition coefficient (Wildman–Crippen LogP) is 17.1. The Morgan fingerprint density at radius 3 is 1.30 bits per heavy atom. The van der Waals surface area contributed by atoms with Crippen LogP contribution in [0.3, 0.4) is 0 Å². The fourth-order valence-corrected chi connectivity index (χ4v) is 9.32. The van der Waals surface area contributed by atoms with Crippen LogP contribution in [0.15, 0.2) is 60.8 Å². The highest BCUT2D eigenvalue weighted by Crippen LogP contribution is 2.43. The fourth-order valence-electron chi connectivity index (χ4n) is 8.58. The third-order valence-corrected chi connectivity index (χ3v) is 14.3. The van der Waals surface area contributed by atoms with Crippen LogP contribution in [0.5, 0.6) is 0 Å². The number of aliphatic hydroxyl groups is 2. The molecule has 1 amide bonds. The molecule has 0 aliphatic rings. The van der Waals surface area contributed by atoms with Gasteiger partial charge in [-0.05, 0) is 89.9 Å². The highest BCUT2D eigenvalue weighted by atomic mass is 31.2. The third-order valence-electron chi connectivity index (χ3n) is 13.3. The molecule has 0 bridgehead atoms. The zero-order valence-corrected chi connectivity index (χ0v) is 48.0. The van der Waals surface area contributed by atoms with Gasteiger partial charge in [-0.25, -0.2) is 4.57 Å². The average Bonchev–Trinajstić information content (AvgIpc) is 3.33. The maximum absolute atomic E-state index is 13.0. The molecule has 0 rings (SSSR count). The van der Waals surface area contributed by atoms with Crippen LogP contribution in [0.25, 0.3) is 0 Å². The van der Waals surface area contributed by atoms with E-state index in [0.717, 1.165) is 57.8 Å². The first-order valence-corrected chi connectivity index (χ1v) is 31.2. The van der Waals surface area contributed by atoms with Crippen LogP contribution in [0.2, 0.25) is 0 Å². The summed E-state index contributed by atoms with van der Waals surface area (Å²) < 4.78 is 23.6. The number of nitrogens with one attached hydrogen (secondary N) is 1. The highest BCUT2D eigenvalue weighted by Gasteiger charge is 2.31. The van der Waals surface area contributed by atoms with Crippen LogP contribution in [-0.2, 0) is 18.4 Å². The zero-order chi connectivity index (χ0) is 52.2. The number of hydrogen-bond donors (Lipinski definition) is 4. The molecule has 0 aromatic rings. The predicted molar refractivity (Wildman–Crippen MR) is 306 cm³/mol. The van der Waals surface area contributed by atoms with Crippen molar-refractivity contribution >= 4 is 13.7 Å². The molecule has 0 heterocycles. The van der Waals surface area contributed by atoms with Gasteiger partial charge in [0.25, 0.3) is 0 Å². The van der Waals surface area contributed by atoms with E-state index in [4.69, 9.17) is 9.05 Å². The second-order valence-corrected chi connectivity index (χ2v) is 22.9. The van der Waals surface area contributed by atoms with E-state index in [1.807, 2.05) is 21.1 Å². The molecule has 10 heteroatoms. The lowest BCUT2D eigenvalue weighted by atomic mass is 10.0. The van der Waals surface area contributed by atoms with E-state index >= 15 is 0 Å². The number of hydrogen-bond acceptors (Lipinski definition) is 6. The van der Waals surface area contributed by atoms with Crippen molar-refractivity contribution in [2.75, 3.05) is 40.9 Å². The topological polar surface area (TPSA) is 125 Å². The summed E-state index contributed by atoms with van der Waals surface area (Å²) >= 11 is 0. The fraction of sp³-hybridized carbons (Fsp3) is 0.820. The lowest BCUT2D eigenvalue weighted by Gasteiger charge is -2.28. The molecule has 4 atom stereocenters. The minimum Gasteiger partial charge on any atom is -0.390 e. The third kappa shape index (κ3) is 52.8. The SMILES string of the molecule is CCCCC/C=C/CC/C=C/CCCC(O)C(O)C(COP(=O)(O)OCC[N+](C)(C)C)NC(=O)CCCCCCCCCCCCCCCCCCCCCC/C=C\C/C=C\C/C=C\CCCCCCC. The summed E-state index contributed by atoms with van der Waals surface area (Å²) in [5, 5.41) is 24.7. The van der Waals surface area contributed by atoms with Crippen LogP contribution in [0, 0.1) is 0 Å². The molecule has 9 nitrogen and oxygen atoms in total. The summed E-state index contributed by atoms with van der Waals surface area (Å²) in [5.41, 5.74) is 0. The molecule has 4 N–H and O–H groups in total. The second kappa shape index (κ2) is 51.6. The Kier molecular flexibility index (Phi) is 50.3. The molecule has 0 saturated heterocycles. The van der Waals surface area contributed by atoms with Crippen LogP contribution in [0.1, 0.15) is 264 Å². The summed E-state index contributed by atoms with van der Waals surface area (Å²) in [6.07, 6.45) is 66.2. The lowest BCUT2D eigenvalue weighted by molar-refractivity contribution is -0.870. The van der Waals surface area contributed by atoms with Crippen molar-refractivity contribution in [3.63, 3.8) is 0 Å². The van der Waals surface area contributed by atoms with E-state index in [1.54, 1.807) is 0 Å². The Hall–Kier alpha value is -1.84. The van der Waals surface area contributed by atoms with Crippen molar-refractivity contribution in [3.05, 3.63) is 60.8 Å². The molecule has 0 aromatic carbocycles. The van der Waals surface area contributed by atoms with Gasteiger partial charge in [0.2, 0.25) is 5.91 Å². The Morgan fingerprint density at radius 2 is 0.845 bits per heavy atom. The van der Waals surface area contributed by atoms with Gasteiger partial charge in [0.1, 0.15) is 19.3 Å². The maximum atomic E-state index is 13.0. The molecular formula is C61H116N2O7P+. The molecule has 0 radical (unpaired) electrons. The smallest absolute Gasteiger partial charge is 0.390 e. The van der Waals surface area contributed by atoms with Crippen molar-refractivity contribution in [2.24, 2.45) is 0 Å². The van der Waals surface area contributed by atoms with Crippen LogP contribution in [-0.4, -0.2) is 84.6 Å². The summed E-state index contributed by atoms with van der Waals surface area (Å²) in [4.78, 5) is 23.3. The summed E-state index contributed by atoms with van der Waals surface area (Å²) in [7, 11) is 1.41. The molecule has 71 heavy (non-hydrogen) atoms.